The first-order valence-corrected chi connectivity index (χ1v) is 6.77. The van der Waals surface area contributed by atoms with Crippen LogP contribution >= 0.6 is 11.3 Å². The van der Waals surface area contributed by atoms with Crippen LogP contribution in [-0.2, 0) is 6.54 Å². The van der Waals surface area contributed by atoms with E-state index in [4.69, 9.17) is 0 Å². The molecule has 0 saturated heterocycles. The van der Waals surface area contributed by atoms with Gasteiger partial charge in [0.25, 0.3) is 0 Å². The van der Waals surface area contributed by atoms with Crippen molar-refractivity contribution in [3.05, 3.63) is 53.5 Å². The molecule has 3 aromatic rings. The maximum Gasteiger partial charge on any atom is 0.123 e. The Labute approximate surface area is 110 Å². The summed E-state index contributed by atoms with van der Waals surface area (Å²) >= 11 is 1.75. The Morgan fingerprint density at radius 1 is 1.11 bits per heavy atom. The maximum absolute atomic E-state index is 4.49. The number of fused-ring (bicyclic) bond motifs is 1. The molecule has 1 heterocycles. The number of nitrogens with one attached hydrogen (secondary N) is 1. The highest BCUT2D eigenvalue weighted by atomic mass is 32.1. The number of rotatable bonds is 3. The van der Waals surface area contributed by atoms with E-state index in [-0.39, 0.29) is 0 Å². The van der Waals surface area contributed by atoms with Crippen LogP contribution in [-0.4, -0.2) is 12.0 Å². The van der Waals surface area contributed by atoms with E-state index in [2.05, 4.69) is 52.8 Å². The molecule has 1 aromatic heterocycles. The lowest BCUT2D eigenvalue weighted by Gasteiger charge is -2.00. The fourth-order valence-corrected chi connectivity index (χ4v) is 2.94. The summed E-state index contributed by atoms with van der Waals surface area (Å²) in [5, 5.41) is 6.77. The van der Waals surface area contributed by atoms with Gasteiger partial charge in [0.05, 0.1) is 0 Å². The summed E-state index contributed by atoms with van der Waals surface area (Å²) in [6.45, 7) is 0.880. The van der Waals surface area contributed by atoms with Crippen LogP contribution in [0.15, 0.2) is 48.7 Å². The second-order valence-electron chi connectivity index (χ2n) is 4.22. The van der Waals surface area contributed by atoms with Crippen LogP contribution in [0, 0.1) is 0 Å². The summed E-state index contributed by atoms with van der Waals surface area (Å²) in [5.74, 6) is 0. The summed E-state index contributed by atoms with van der Waals surface area (Å²) in [6, 6.07) is 14.9. The Bertz CT molecular complexity index is 673. The van der Waals surface area contributed by atoms with Gasteiger partial charge in [-0.3, -0.25) is 0 Å². The predicted octanol–water partition coefficient (Wildman–Crippen LogP) is 3.68. The molecule has 0 spiro atoms. The van der Waals surface area contributed by atoms with Crippen molar-refractivity contribution in [2.45, 2.75) is 6.54 Å². The van der Waals surface area contributed by atoms with Gasteiger partial charge in [0.15, 0.2) is 0 Å². The molecule has 1 N–H and O–H groups in total. The van der Waals surface area contributed by atoms with Crippen molar-refractivity contribution >= 4 is 22.1 Å². The van der Waals surface area contributed by atoms with Crippen LogP contribution in [0.4, 0.5) is 0 Å². The molecule has 0 aliphatic carbocycles. The zero-order chi connectivity index (χ0) is 12.4. The normalized spacial score (nSPS) is 10.9. The molecule has 3 heteroatoms. The third kappa shape index (κ3) is 2.15. The number of aromatic nitrogens is 1. The minimum absolute atomic E-state index is 0.880. The molecule has 3 rings (SSSR count). The van der Waals surface area contributed by atoms with E-state index in [1.165, 1.54) is 21.2 Å². The fourth-order valence-electron chi connectivity index (χ4n) is 2.02. The van der Waals surface area contributed by atoms with Gasteiger partial charge in [0.1, 0.15) is 5.01 Å². The molecular weight excluding hydrogens is 240 g/mol. The van der Waals surface area contributed by atoms with Crippen molar-refractivity contribution in [2.75, 3.05) is 7.05 Å². The molecule has 0 atom stereocenters. The van der Waals surface area contributed by atoms with Gasteiger partial charge in [0.2, 0.25) is 0 Å². The quantitative estimate of drug-likeness (QED) is 0.771. The monoisotopic (exact) mass is 254 g/mol. The van der Waals surface area contributed by atoms with Crippen molar-refractivity contribution < 1.29 is 0 Å². The smallest absolute Gasteiger partial charge is 0.123 e. The first-order chi connectivity index (χ1) is 8.86. The van der Waals surface area contributed by atoms with Crippen molar-refractivity contribution in [3.63, 3.8) is 0 Å². The molecule has 0 aliphatic heterocycles. The van der Waals surface area contributed by atoms with Crippen molar-refractivity contribution in [3.8, 4) is 10.6 Å². The average Bonchev–Trinajstić information content (AvgIpc) is 2.87. The van der Waals surface area contributed by atoms with Crippen molar-refractivity contribution in [2.24, 2.45) is 0 Å². The summed E-state index contributed by atoms with van der Waals surface area (Å²) in [6.07, 6.45) is 1.95. The molecule has 90 valence electrons. The van der Waals surface area contributed by atoms with E-state index >= 15 is 0 Å². The van der Waals surface area contributed by atoms with Gasteiger partial charge in [-0.05, 0) is 23.9 Å². The number of nitrogens with zero attached hydrogens (tertiary/aromatic N) is 1. The Kier molecular flexibility index (Phi) is 3.09. The van der Waals surface area contributed by atoms with E-state index in [0.717, 1.165) is 11.6 Å². The second-order valence-corrected chi connectivity index (χ2v) is 5.34. The molecule has 0 unspecified atom stereocenters. The lowest BCUT2D eigenvalue weighted by Crippen LogP contribution is -2.02. The van der Waals surface area contributed by atoms with Gasteiger partial charge in [-0.1, -0.05) is 36.4 Å². The van der Waals surface area contributed by atoms with E-state index in [9.17, 15) is 0 Å². The molecule has 2 nitrogen and oxygen atoms in total. The highest BCUT2D eigenvalue weighted by Gasteiger charge is 2.04. The highest BCUT2D eigenvalue weighted by Crippen LogP contribution is 2.28. The Balaban J connectivity index is 2.02. The molecule has 0 aliphatic rings. The molecular formula is C15H14N2S. The molecule has 0 amide bonds. The third-order valence-electron chi connectivity index (χ3n) is 2.90. The zero-order valence-corrected chi connectivity index (χ0v) is 11.0. The highest BCUT2D eigenvalue weighted by molar-refractivity contribution is 7.15. The molecule has 0 fully saturated rings. The summed E-state index contributed by atoms with van der Waals surface area (Å²) in [7, 11) is 1.95. The topological polar surface area (TPSA) is 24.9 Å². The van der Waals surface area contributed by atoms with E-state index in [0.29, 0.717) is 0 Å². The van der Waals surface area contributed by atoms with Crippen LogP contribution in [0.25, 0.3) is 21.3 Å². The first-order valence-electron chi connectivity index (χ1n) is 5.95. The van der Waals surface area contributed by atoms with Crippen LogP contribution in [0.3, 0.4) is 0 Å². The zero-order valence-electron chi connectivity index (χ0n) is 10.2. The average molecular weight is 254 g/mol. The molecule has 0 bridgehead atoms. The third-order valence-corrected chi connectivity index (χ3v) is 3.95. The number of hydrogen-bond acceptors (Lipinski definition) is 3. The minimum atomic E-state index is 0.880. The van der Waals surface area contributed by atoms with E-state index in [1.807, 2.05) is 13.2 Å². The van der Waals surface area contributed by atoms with Gasteiger partial charge in [-0.25, -0.2) is 4.98 Å². The van der Waals surface area contributed by atoms with E-state index in [1.54, 1.807) is 11.3 Å². The standard InChI is InChI=1S/C15H14N2S/c1-16-9-14-10-17-15(18-14)13-7-6-11-4-2-3-5-12(11)8-13/h2-8,10,16H,9H2,1H3. The largest absolute Gasteiger partial charge is 0.315 e. The van der Waals surface area contributed by atoms with Gasteiger partial charge in [-0.15, -0.1) is 11.3 Å². The van der Waals surface area contributed by atoms with Crippen LogP contribution in [0.1, 0.15) is 4.88 Å². The van der Waals surface area contributed by atoms with Crippen LogP contribution < -0.4 is 5.32 Å². The number of benzene rings is 2. The Morgan fingerprint density at radius 2 is 1.94 bits per heavy atom. The molecule has 2 aromatic carbocycles. The minimum Gasteiger partial charge on any atom is -0.315 e. The molecule has 18 heavy (non-hydrogen) atoms. The number of hydrogen-bond donors (Lipinski definition) is 1. The van der Waals surface area contributed by atoms with Gasteiger partial charge >= 0.3 is 0 Å². The van der Waals surface area contributed by atoms with Crippen LogP contribution in [0.2, 0.25) is 0 Å². The van der Waals surface area contributed by atoms with Gasteiger partial charge in [-0.2, -0.15) is 0 Å². The number of thiazole rings is 1. The summed E-state index contributed by atoms with van der Waals surface area (Å²) in [4.78, 5) is 5.75. The first kappa shape index (κ1) is 11.4. The maximum atomic E-state index is 4.49. The van der Waals surface area contributed by atoms with E-state index < -0.39 is 0 Å². The lowest BCUT2D eigenvalue weighted by molar-refractivity contribution is 0.829. The Morgan fingerprint density at radius 3 is 2.78 bits per heavy atom. The molecule has 0 radical (unpaired) electrons. The Hall–Kier alpha value is -1.71. The predicted molar refractivity (Wildman–Crippen MR) is 77.8 cm³/mol. The lowest BCUT2D eigenvalue weighted by atomic mass is 10.1. The summed E-state index contributed by atoms with van der Waals surface area (Å²) < 4.78 is 0. The van der Waals surface area contributed by atoms with Crippen LogP contribution in [0.5, 0.6) is 0 Å². The van der Waals surface area contributed by atoms with Gasteiger partial charge < -0.3 is 5.32 Å². The molecule has 0 saturated carbocycles. The van der Waals surface area contributed by atoms with Gasteiger partial charge in [0, 0.05) is 23.2 Å². The fraction of sp³-hybridized carbons (Fsp3) is 0.133. The SMILES string of the molecule is CNCc1cnc(-c2ccc3ccccc3c2)s1. The summed E-state index contributed by atoms with van der Waals surface area (Å²) in [5.41, 5.74) is 1.20. The van der Waals surface area contributed by atoms with Crippen molar-refractivity contribution in [1.29, 1.82) is 0 Å². The van der Waals surface area contributed by atoms with Crippen molar-refractivity contribution in [1.82, 2.24) is 10.3 Å². The second kappa shape index (κ2) is 4.88.